The van der Waals surface area contributed by atoms with Crippen molar-refractivity contribution < 1.29 is 8.42 Å². The molecule has 0 bridgehead atoms. The second-order valence-corrected chi connectivity index (χ2v) is 8.57. The molecule has 1 unspecified atom stereocenters. The second-order valence-electron chi connectivity index (χ2n) is 4.63. The number of aryl methyl sites for hydroxylation is 1. The van der Waals surface area contributed by atoms with Crippen LogP contribution in [0.5, 0.6) is 0 Å². The SMILES string of the molecule is CCNCc1scc(C)c1S(=O)(=O)NC(C)CSCC. The van der Waals surface area contributed by atoms with Crippen LogP contribution in [0.1, 0.15) is 31.2 Å². The van der Waals surface area contributed by atoms with Gasteiger partial charge in [0.05, 0.1) is 0 Å². The van der Waals surface area contributed by atoms with Gasteiger partial charge in [-0.15, -0.1) is 11.3 Å². The van der Waals surface area contributed by atoms with E-state index in [-0.39, 0.29) is 6.04 Å². The highest BCUT2D eigenvalue weighted by Gasteiger charge is 2.24. The van der Waals surface area contributed by atoms with Crippen LogP contribution in [0.25, 0.3) is 0 Å². The summed E-state index contributed by atoms with van der Waals surface area (Å²) in [4.78, 5) is 1.34. The van der Waals surface area contributed by atoms with Gasteiger partial charge in [0.2, 0.25) is 10.0 Å². The van der Waals surface area contributed by atoms with E-state index >= 15 is 0 Å². The van der Waals surface area contributed by atoms with E-state index in [0.717, 1.165) is 28.5 Å². The lowest BCUT2D eigenvalue weighted by atomic mass is 10.3. The first-order valence-corrected chi connectivity index (χ1v) is 10.3. The summed E-state index contributed by atoms with van der Waals surface area (Å²) in [7, 11) is -3.43. The summed E-state index contributed by atoms with van der Waals surface area (Å²) < 4.78 is 27.8. The van der Waals surface area contributed by atoms with E-state index in [4.69, 9.17) is 0 Å². The molecule has 0 spiro atoms. The average molecular weight is 337 g/mol. The van der Waals surface area contributed by atoms with Gasteiger partial charge in [0.1, 0.15) is 4.90 Å². The summed E-state index contributed by atoms with van der Waals surface area (Å²) in [5.41, 5.74) is 0.825. The monoisotopic (exact) mass is 336 g/mol. The van der Waals surface area contributed by atoms with Crippen LogP contribution < -0.4 is 10.0 Å². The standard InChI is InChI=1S/C13H24N2O2S3/c1-5-14-7-12-13(10(3)8-19-12)20(16,17)15-11(4)9-18-6-2/h8,11,14-15H,5-7,9H2,1-4H3. The molecule has 0 aromatic carbocycles. The molecule has 0 saturated heterocycles. The third-order valence-corrected chi connectivity index (χ3v) is 6.92. The van der Waals surface area contributed by atoms with E-state index in [0.29, 0.717) is 11.4 Å². The van der Waals surface area contributed by atoms with E-state index in [1.54, 1.807) is 11.8 Å². The van der Waals surface area contributed by atoms with Crippen LogP contribution in [0.15, 0.2) is 10.3 Å². The van der Waals surface area contributed by atoms with Gasteiger partial charge in [-0.2, -0.15) is 11.8 Å². The maximum Gasteiger partial charge on any atom is 0.242 e. The van der Waals surface area contributed by atoms with Crippen LogP contribution in [-0.4, -0.2) is 32.5 Å². The Morgan fingerprint density at radius 2 is 2.10 bits per heavy atom. The van der Waals surface area contributed by atoms with Crippen LogP contribution in [0.4, 0.5) is 0 Å². The van der Waals surface area contributed by atoms with Gasteiger partial charge >= 0.3 is 0 Å². The molecule has 2 N–H and O–H groups in total. The Hall–Kier alpha value is -0.0800. The Labute approximate surface area is 130 Å². The number of sulfonamides is 1. The first kappa shape index (κ1) is 18.0. The van der Waals surface area contributed by atoms with E-state index in [2.05, 4.69) is 17.0 Å². The van der Waals surface area contributed by atoms with Crippen molar-refractivity contribution in [3.05, 3.63) is 15.8 Å². The molecular formula is C13H24N2O2S3. The third kappa shape index (κ3) is 5.04. The van der Waals surface area contributed by atoms with Crippen molar-refractivity contribution in [1.82, 2.24) is 10.0 Å². The molecule has 0 saturated carbocycles. The molecule has 1 aromatic heterocycles. The lowest BCUT2D eigenvalue weighted by molar-refractivity contribution is 0.569. The van der Waals surface area contributed by atoms with Crippen molar-refractivity contribution in [1.29, 1.82) is 0 Å². The maximum absolute atomic E-state index is 12.5. The fourth-order valence-corrected chi connectivity index (χ4v) is 5.66. The lowest BCUT2D eigenvalue weighted by Gasteiger charge is -2.15. The summed E-state index contributed by atoms with van der Waals surface area (Å²) in [5, 5.41) is 5.10. The smallest absolute Gasteiger partial charge is 0.242 e. The highest BCUT2D eigenvalue weighted by Crippen LogP contribution is 2.27. The molecule has 1 heterocycles. The van der Waals surface area contributed by atoms with E-state index in [1.165, 1.54) is 11.3 Å². The van der Waals surface area contributed by atoms with Gasteiger partial charge in [-0.05, 0) is 37.1 Å². The quantitative estimate of drug-likeness (QED) is 0.728. The summed E-state index contributed by atoms with van der Waals surface area (Å²) in [6.45, 7) is 9.27. The molecule has 0 aliphatic carbocycles. The van der Waals surface area contributed by atoms with Crippen molar-refractivity contribution in [3.8, 4) is 0 Å². The van der Waals surface area contributed by atoms with Gasteiger partial charge < -0.3 is 5.32 Å². The molecule has 20 heavy (non-hydrogen) atoms. The van der Waals surface area contributed by atoms with Crippen molar-refractivity contribution in [3.63, 3.8) is 0 Å². The van der Waals surface area contributed by atoms with Crippen molar-refractivity contribution >= 4 is 33.1 Å². The Balaban J connectivity index is 2.88. The molecule has 0 amide bonds. The molecule has 1 aromatic rings. The average Bonchev–Trinajstić information content (AvgIpc) is 2.75. The predicted molar refractivity (Wildman–Crippen MR) is 89.2 cm³/mol. The van der Waals surface area contributed by atoms with Crippen LogP contribution in [0.3, 0.4) is 0 Å². The second kappa shape index (κ2) is 8.38. The van der Waals surface area contributed by atoms with Crippen LogP contribution >= 0.6 is 23.1 Å². The van der Waals surface area contributed by atoms with E-state index in [1.807, 2.05) is 26.2 Å². The van der Waals surface area contributed by atoms with Gasteiger partial charge in [-0.3, -0.25) is 0 Å². The Morgan fingerprint density at radius 3 is 2.70 bits per heavy atom. The number of nitrogens with one attached hydrogen (secondary N) is 2. The molecule has 4 nitrogen and oxygen atoms in total. The zero-order valence-electron chi connectivity index (χ0n) is 12.5. The summed E-state index contributed by atoms with van der Waals surface area (Å²) >= 11 is 3.24. The fraction of sp³-hybridized carbons (Fsp3) is 0.692. The molecule has 116 valence electrons. The largest absolute Gasteiger partial charge is 0.312 e. The summed E-state index contributed by atoms with van der Waals surface area (Å²) in [6, 6.07) is -0.0590. The molecule has 1 rings (SSSR count). The molecule has 7 heteroatoms. The highest BCUT2D eigenvalue weighted by atomic mass is 32.2. The zero-order valence-corrected chi connectivity index (χ0v) is 15.0. The lowest BCUT2D eigenvalue weighted by Crippen LogP contribution is -2.35. The summed E-state index contributed by atoms with van der Waals surface area (Å²) in [5.74, 6) is 1.79. The number of hydrogen-bond acceptors (Lipinski definition) is 5. The van der Waals surface area contributed by atoms with Crippen LogP contribution in [-0.2, 0) is 16.6 Å². The molecule has 0 fully saturated rings. The third-order valence-electron chi connectivity index (χ3n) is 2.72. The van der Waals surface area contributed by atoms with Crippen molar-refractivity contribution in [2.45, 2.75) is 45.2 Å². The number of thiophene rings is 1. The van der Waals surface area contributed by atoms with Crippen LogP contribution in [0.2, 0.25) is 0 Å². The topological polar surface area (TPSA) is 58.2 Å². The minimum Gasteiger partial charge on any atom is -0.312 e. The molecule has 0 aliphatic heterocycles. The van der Waals surface area contributed by atoms with Crippen molar-refractivity contribution in [2.24, 2.45) is 0 Å². The number of hydrogen-bond donors (Lipinski definition) is 2. The number of thioether (sulfide) groups is 1. The molecular weight excluding hydrogens is 312 g/mol. The van der Waals surface area contributed by atoms with Gasteiger partial charge in [0.25, 0.3) is 0 Å². The first-order chi connectivity index (χ1) is 9.42. The Bertz CT molecular complexity index is 512. The molecule has 0 radical (unpaired) electrons. The van der Waals surface area contributed by atoms with Gasteiger partial charge in [-0.25, -0.2) is 13.1 Å². The van der Waals surface area contributed by atoms with Gasteiger partial charge in [-0.1, -0.05) is 13.8 Å². The van der Waals surface area contributed by atoms with Crippen molar-refractivity contribution in [2.75, 3.05) is 18.1 Å². The maximum atomic E-state index is 12.5. The highest BCUT2D eigenvalue weighted by molar-refractivity contribution is 7.99. The minimum absolute atomic E-state index is 0.0590. The molecule has 1 atom stereocenters. The van der Waals surface area contributed by atoms with E-state index < -0.39 is 10.0 Å². The fourth-order valence-electron chi connectivity index (χ4n) is 1.86. The Morgan fingerprint density at radius 1 is 1.40 bits per heavy atom. The van der Waals surface area contributed by atoms with Gasteiger partial charge in [0, 0.05) is 23.2 Å². The predicted octanol–water partition coefficient (Wildman–Crippen LogP) is 2.59. The number of rotatable bonds is 9. The first-order valence-electron chi connectivity index (χ1n) is 6.80. The Kier molecular flexibility index (Phi) is 7.53. The van der Waals surface area contributed by atoms with Gasteiger partial charge in [0.15, 0.2) is 0 Å². The minimum atomic E-state index is -3.43. The van der Waals surface area contributed by atoms with E-state index in [9.17, 15) is 8.42 Å². The normalized spacial score (nSPS) is 13.6. The van der Waals surface area contributed by atoms with Crippen LogP contribution in [0, 0.1) is 6.92 Å². The zero-order chi connectivity index (χ0) is 15.2. The molecule has 0 aliphatic rings. The summed E-state index contributed by atoms with van der Waals surface area (Å²) in [6.07, 6.45) is 0.